The molecule has 0 aliphatic rings. The maximum absolute atomic E-state index is 11.1. The fraction of sp³-hybridized carbons (Fsp3) is 0.312. The maximum atomic E-state index is 11.1. The average molecular weight is 257 g/mol. The van der Waals surface area contributed by atoms with Crippen molar-refractivity contribution < 1.29 is 9.21 Å². The standard InChI is InChI=1S/C16H19NO2/c1-11(18)17-13-7-5-6-12(10-13)14-8-9-15(19-14)16(2,3)4/h5-10H,1-4H3,(H,17,18). The Morgan fingerprint density at radius 3 is 2.47 bits per heavy atom. The van der Waals surface area contributed by atoms with Crippen LogP contribution in [0.15, 0.2) is 40.8 Å². The Bertz CT molecular complexity index is 591. The van der Waals surface area contributed by atoms with Gasteiger partial charge < -0.3 is 9.73 Å². The lowest BCUT2D eigenvalue weighted by molar-refractivity contribution is -0.114. The highest BCUT2D eigenvalue weighted by Gasteiger charge is 2.18. The summed E-state index contributed by atoms with van der Waals surface area (Å²) in [6, 6.07) is 11.6. The van der Waals surface area contributed by atoms with Crippen molar-refractivity contribution in [2.24, 2.45) is 0 Å². The van der Waals surface area contributed by atoms with E-state index >= 15 is 0 Å². The number of furan rings is 1. The first-order valence-electron chi connectivity index (χ1n) is 6.34. The van der Waals surface area contributed by atoms with E-state index in [2.05, 4.69) is 26.1 Å². The van der Waals surface area contributed by atoms with E-state index < -0.39 is 0 Å². The number of nitrogens with one attached hydrogen (secondary N) is 1. The minimum atomic E-state index is -0.0769. The molecular weight excluding hydrogens is 238 g/mol. The van der Waals surface area contributed by atoms with Gasteiger partial charge in [-0.2, -0.15) is 0 Å². The molecule has 1 amide bonds. The molecule has 1 aromatic carbocycles. The normalized spacial score (nSPS) is 11.4. The summed E-state index contributed by atoms with van der Waals surface area (Å²) in [4.78, 5) is 11.1. The summed E-state index contributed by atoms with van der Waals surface area (Å²) in [5.41, 5.74) is 1.73. The highest BCUT2D eigenvalue weighted by molar-refractivity contribution is 5.89. The largest absolute Gasteiger partial charge is 0.461 e. The first-order valence-corrected chi connectivity index (χ1v) is 6.34. The molecule has 1 N–H and O–H groups in total. The number of rotatable bonds is 2. The molecule has 0 radical (unpaired) electrons. The van der Waals surface area contributed by atoms with Crippen molar-refractivity contribution in [3.05, 3.63) is 42.2 Å². The molecule has 0 saturated heterocycles. The van der Waals surface area contributed by atoms with Crippen LogP contribution in [-0.2, 0) is 10.2 Å². The number of benzene rings is 1. The molecule has 0 saturated carbocycles. The van der Waals surface area contributed by atoms with Crippen LogP contribution in [0.3, 0.4) is 0 Å². The van der Waals surface area contributed by atoms with Gasteiger partial charge in [-0.15, -0.1) is 0 Å². The summed E-state index contributed by atoms with van der Waals surface area (Å²) < 4.78 is 5.88. The molecule has 2 rings (SSSR count). The van der Waals surface area contributed by atoms with Crippen LogP contribution in [0.5, 0.6) is 0 Å². The lowest BCUT2D eigenvalue weighted by Crippen LogP contribution is -2.08. The molecule has 0 bridgehead atoms. The molecule has 19 heavy (non-hydrogen) atoms. The fourth-order valence-corrected chi connectivity index (χ4v) is 1.85. The second kappa shape index (κ2) is 4.92. The van der Waals surface area contributed by atoms with Gasteiger partial charge in [-0.3, -0.25) is 4.79 Å². The number of hydrogen-bond acceptors (Lipinski definition) is 2. The van der Waals surface area contributed by atoms with E-state index in [1.807, 2.05) is 36.4 Å². The number of carbonyl (C=O) groups is 1. The van der Waals surface area contributed by atoms with Crippen molar-refractivity contribution in [3.8, 4) is 11.3 Å². The van der Waals surface area contributed by atoms with Crippen molar-refractivity contribution >= 4 is 11.6 Å². The molecular formula is C16H19NO2. The van der Waals surface area contributed by atoms with Crippen LogP contribution in [0.25, 0.3) is 11.3 Å². The average Bonchev–Trinajstić information content (AvgIpc) is 2.77. The number of anilines is 1. The second-order valence-electron chi connectivity index (χ2n) is 5.68. The third-order valence-electron chi connectivity index (χ3n) is 2.81. The molecule has 1 heterocycles. The Balaban J connectivity index is 2.31. The first kappa shape index (κ1) is 13.4. The van der Waals surface area contributed by atoms with E-state index in [0.29, 0.717) is 0 Å². The van der Waals surface area contributed by atoms with Crippen LogP contribution in [0.4, 0.5) is 5.69 Å². The topological polar surface area (TPSA) is 42.2 Å². The Labute approximate surface area is 113 Å². The van der Waals surface area contributed by atoms with E-state index in [-0.39, 0.29) is 11.3 Å². The van der Waals surface area contributed by atoms with Gasteiger partial charge in [-0.05, 0) is 24.3 Å². The monoisotopic (exact) mass is 257 g/mol. The van der Waals surface area contributed by atoms with E-state index in [1.54, 1.807) is 0 Å². The van der Waals surface area contributed by atoms with Crippen molar-refractivity contribution in [2.75, 3.05) is 5.32 Å². The van der Waals surface area contributed by atoms with Gasteiger partial charge >= 0.3 is 0 Å². The maximum Gasteiger partial charge on any atom is 0.221 e. The lowest BCUT2D eigenvalue weighted by Gasteiger charge is -2.14. The number of hydrogen-bond donors (Lipinski definition) is 1. The van der Waals surface area contributed by atoms with Crippen LogP contribution >= 0.6 is 0 Å². The second-order valence-corrected chi connectivity index (χ2v) is 5.68. The molecule has 0 atom stereocenters. The summed E-state index contributed by atoms with van der Waals surface area (Å²) >= 11 is 0. The van der Waals surface area contributed by atoms with Crippen LogP contribution < -0.4 is 5.32 Å². The number of amides is 1. The molecule has 0 spiro atoms. The molecule has 1 aromatic heterocycles. The highest BCUT2D eigenvalue weighted by atomic mass is 16.3. The zero-order valence-electron chi connectivity index (χ0n) is 11.8. The van der Waals surface area contributed by atoms with Crippen LogP contribution in [0.1, 0.15) is 33.5 Å². The third kappa shape index (κ3) is 3.25. The van der Waals surface area contributed by atoms with Crippen LogP contribution in [0.2, 0.25) is 0 Å². The number of carbonyl (C=O) groups excluding carboxylic acids is 1. The Kier molecular flexibility index (Phi) is 3.47. The van der Waals surface area contributed by atoms with Crippen LogP contribution in [-0.4, -0.2) is 5.91 Å². The van der Waals surface area contributed by atoms with E-state index in [9.17, 15) is 4.79 Å². The highest BCUT2D eigenvalue weighted by Crippen LogP contribution is 2.30. The van der Waals surface area contributed by atoms with Gasteiger partial charge in [0.1, 0.15) is 11.5 Å². The zero-order chi connectivity index (χ0) is 14.0. The molecule has 0 fully saturated rings. The summed E-state index contributed by atoms with van der Waals surface area (Å²) in [6.07, 6.45) is 0. The van der Waals surface area contributed by atoms with Crippen molar-refractivity contribution in [2.45, 2.75) is 33.1 Å². The van der Waals surface area contributed by atoms with Gasteiger partial charge in [0.2, 0.25) is 5.91 Å². The molecule has 3 nitrogen and oxygen atoms in total. The van der Waals surface area contributed by atoms with Gasteiger partial charge in [0.05, 0.1) is 0 Å². The molecule has 0 unspecified atom stereocenters. The predicted octanol–water partition coefficient (Wildman–Crippen LogP) is 4.20. The molecule has 2 aromatic rings. The fourth-order valence-electron chi connectivity index (χ4n) is 1.85. The van der Waals surface area contributed by atoms with Gasteiger partial charge in [-0.25, -0.2) is 0 Å². The van der Waals surface area contributed by atoms with Gasteiger partial charge in [0.25, 0.3) is 0 Å². The summed E-state index contributed by atoms with van der Waals surface area (Å²) in [5, 5.41) is 2.77. The van der Waals surface area contributed by atoms with Crippen molar-refractivity contribution in [3.63, 3.8) is 0 Å². The molecule has 3 heteroatoms. The Morgan fingerprint density at radius 2 is 1.89 bits per heavy atom. The first-order chi connectivity index (χ1) is 8.86. The smallest absolute Gasteiger partial charge is 0.221 e. The molecule has 0 aliphatic heterocycles. The summed E-state index contributed by atoms with van der Waals surface area (Å²) in [5.74, 6) is 1.69. The minimum absolute atomic E-state index is 0.00645. The van der Waals surface area contributed by atoms with Gasteiger partial charge in [0.15, 0.2) is 0 Å². The zero-order valence-corrected chi connectivity index (χ0v) is 11.8. The predicted molar refractivity (Wildman–Crippen MR) is 77.1 cm³/mol. The molecule has 100 valence electrons. The van der Waals surface area contributed by atoms with E-state index in [1.165, 1.54) is 6.92 Å². The Hall–Kier alpha value is -2.03. The van der Waals surface area contributed by atoms with Gasteiger partial charge in [0, 0.05) is 23.6 Å². The minimum Gasteiger partial charge on any atom is -0.461 e. The van der Waals surface area contributed by atoms with E-state index in [4.69, 9.17) is 4.42 Å². The van der Waals surface area contributed by atoms with E-state index in [0.717, 1.165) is 22.8 Å². The Morgan fingerprint density at radius 1 is 1.16 bits per heavy atom. The molecule has 0 aliphatic carbocycles. The summed E-state index contributed by atoms with van der Waals surface area (Å²) in [6.45, 7) is 7.84. The van der Waals surface area contributed by atoms with Gasteiger partial charge in [-0.1, -0.05) is 32.9 Å². The quantitative estimate of drug-likeness (QED) is 0.876. The third-order valence-corrected chi connectivity index (χ3v) is 2.81. The van der Waals surface area contributed by atoms with Crippen LogP contribution in [0, 0.1) is 0 Å². The summed E-state index contributed by atoms with van der Waals surface area (Å²) in [7, 11) is 0. The SMILES string of the molecule is CC(=O)Nc1cccc(-c2ccc(C(C)(C)C)o2)c1. The van der Waals surface area contributed by atoms with Crippen molar-refractivity contribution in [1.82, 2.24) is 0 Å². The van der Waals surface area contributed by atoms with Crippen molar-refractivity contribution in [1.29, 1.82) is 0 Å². The lowest BCUT2D eigenvalue weighted by atomic mass is 9.94.